The van der Waals surface area contributed by atoms with Crippen molar-refractivity contribution in [2.45, 2.75) is 44.6 Å². The van der Waals surface area contributed by atoms with Gasteiger partial charge in [-0.05, 0) is 29.9 Å². The summed E-state index contributed by atoms with van der Waals surface area (Å²) in [5.41, 5.74) is 6.09. The number of amides is 2. The Hall–Kier alpha value is -2.62. The number of rotatable bonds is 7. The van der Waals surface area contributed by atoms with E-state index < -0.39 is 11.4 Å². The number of hydrogen-bond donors (Lipinski definition) is 2. The third-order valence-corrected chi connectivity index (χ3v) is 4.77. The smallest absolute Gasteiger partial charge is 0.247 e. The molecule has 132 valence electrons. The summed E-state index contributed by atoms with van der Waals surface area (Å²) in [6.07, 6.45) is 0.990. The molecule has 4 nitrogen and oxygen atoms in total. The maximum Gasteiger partial charge on any atom is 0.247 e. The molecule has 2 amide bonds. The average molecular weight is 338 g/mol. The van der Waals surface area contributed by atoms with Crippen molar-refractivity contribution in [3.8, 4) is 0 Å². The predicted octanol–water partition coefficient (Wildman–Crippen LogP) is 3.26. The zero-order valence-corrected chi connectivity index (χ0v) is 15.1. The van der Waals surface area contributed by atoms with Gasteiger partial charge < -0.3 is 11.1 Å². The summed E-state index contributed by atoms with van der Waals surface area (Å²) in [7, 11) is 0. The summed E-state index contributed by atoms with van der Waals surface area (Å²) in [5, 5.41) is 2.82. The van der Waals surface area contributed by atoms with Crippen molar-refractivity contribution in [3.05, 3.63) is 71.8 Å². The summed E-state index contributed by atoms with van der Waals surface area (Å²) in [6.45, 7) is 5.87. The Bertz CT molecular complexity index is 726. The second kappa shape index (κ2) is 7.51. The SMILES string of the molecule is CC(C)(CCC(=O)N[C@@](C)(C(N)=O)c1ccccc1)c1ccccc1. The predicted molar refractivity (Wildman–Crippen MR) is 99.8 cm³/mol. The van der Waals surface area contributed by atoms with Crippen molar-refractivity contribution in [2.75, 3.05) is 0 Å². The van der Waals surface area contributed by atoms with E-state index in [1.54, 1.807) is 19.1 Å². The highest BCUT2D eigenvalue weighted by Gasteiger charge is 2.35. The van der Waals surface area contributed by atoms with Gasteiger partial charge in [-0.1, -0.05) is 74.5 Å². The third-order valence-electron chi connectivity index (χ3n) is 4.77. The Kier molecular flexibility index (Phi) is 5.62. The molecule has 2 rings (SSSR count). The first-order chi connectivity index (χ1) is 11.8. The van der Waals surface area contributed by atoms with E-state index in [-0.39, 0.29) is 11.3 Å². The van der Waals surface area contributed by atoms with Crippen LogP contribution in [0.1, 0.15) is 44.7 Å². The van der Waals surface area contributed by atoms with E-state index in [4.69, 9.17) is 5.73 Å². The van der Waals surface area contributed by atoms with E-state index in [0.717, 1.165) is 0 Å². The minimum atomic E-state index is -1.21. The summed E-state index contributed by atoms with van der Waals surface area (Å²) in [6, 6.07) is 19.2. The van der Waals surface area contributed by atoms with E-state index in [9.17, 15) is 9.59 Å². The number of carbonyl (C=O) groups is 2. The molecule has 0 radical (unpaired) electrons. The van der Waals surface area contributed by atoms with Crippen LogP contribution >= 0.6 is 0 Å². The maximum absolute atomic E-state index is 12.5. The summed E-state index contributed by atoms with van der Waals surface area (Å²) >= 11 is 0. The zero-order valence-electron chi connectivity index (χ0n) is 15.1. The van der Waals surface area contributed by atoms with E-state index >= 15 is 0 Å². The lowest BCUT2D eigenvalue weighted by atomic mass is 9.80. The molecule has 0 saturated heterocycles. The molecule has 2 aromatic carbocycles. The van der Waals surface area contributed by atoms with Gasteiger partial charge in [0, 0.05) is 6.42 Å². The van der Waals surface area contributed by atoms with Crippen LogP contribution < -0.4 is 11.1 Å². The highest BCUT2D eigenvalue weighted by atomic mass is 16.2. The van der Waals surface area contributed by atoms with E-state index in [1.165, 1.54) is 5.56 Å². The lowest BCUT2D eigenvalue weighted by molar-refractivity contribution is -0.131. The van der Waals surface area contributed by atoms with Gasteiger partial charge in [0.25, 0.3) is 0 Å². The van der Waals surface area contributed by atoms with Gasteiger partial charge in [-0.15, -0.1) is 0 Å². The lowest BCUT2D eigenvalue weighted by Crippen LogP contribution is -2.52. The van der Waals surface area contributed by atoms with Gasteiger partial charge >= 0.3 is 0 Å². The van der Waals surface area contributed by atoms with Crippen LogP contribution in [-0.2, 0) is 20.5 Å². The zero-order chi connectivity index (χ0) is 18.5. The molecule has 0 saturated carbocycles. The van der Waals surface area contributed by atoms with Crippen molar-refractivity contribution >= 4 is 11.8 Å². The first-order valence-electron chi connectivity index (χ1n) is 8.48. The summed E-state index contributed by atoms with van der Waals surface area (Å²) < 4.78 is 0. The molecule has 0 unspecified atom stereocenters. The minimum Gasteiger partial charge on any atom is -0.367 e. The number of hydrogen-bond acceptors (Lipinski definition) is 2. The molecule has 0 bridgehead atoms. The van der Waals surface area contributed by atoms with Gasteiger partial charge in [-0.3, -0.25) is 9.59 Å². The normalized spacial score (nSPS) is 13.7. The van der Waals surface area contributed by atoms with Crippen LogP contribution in [0.4, 0.5) is 0 Å². The van der Waals surface area contributed by atoms with Crippen LogP contribution in [-0.4, -0.2) is 11.8 Å². The van der Waals surface area contributed by atoms with E-state index in [1.807, 2.05) is 36.4 Å². The maximum atomic E-state index is 12.5. The van der Waals surface area contributed by atoms with Crippen LogP contribution in [0, 0.1) is 0 Å². The Morgan fingerprint density at radius 2 is 1.36 bits per heavy atom. The van der Waals surface area contributed by atoms with Crippen molar-refractivity contribution in [1.29, 1.82) is 0 Å². The Balaban J connectivity index is 2.07. The van der Waals surface area contributed by atoms with Crippen molar-refractivity contribution < 1.29 is 9.59 Å². The fourth-order valence-electron chi connectivity index (χ4n) is 2.85. The van der Waals surface area contributed by atoms with Crippen LogP contribution in [0.15, 0.2) is 60.7 Å². The average Bonchev–Trinajstić information content (AvgIpc) is 2.61. The molecule has 0 heterocycles. The fraction of sp³-hybridized carbons (Fsp3) is 0.333. The molecule has 4 heteroatoms. The van der Waals surface area contributed by atoms with Gasteiger partial charge in [0.05, 0.1) is 0 Å². The molecule has 0 aliphatic carbocycles. The van der Waals surface area contributed by atoms with Gasteiger partial charge in [0.15, 0.2) is 0 Å². The monoisotopic (exact) mass is 338 g/mol. The molecule has 25 heavy (non-hydrogen) atoms. The van der Waals surface area contributed by atoms with Crippen molar-refractivity contribution in [2.24, 2.45) is 5.73 Å². The quantitative estimate of drug-likeness (QED) is 0.813. The number of benzene rings is 2. The molecule has 0 spiro atoms. The summed E-state index contributed by atoms with van der Waals surface area (Å²) in [4.78, 5) is 24.5. The molecule has 0 aliphatic rings. The Labute approximate surface area is 149 Å². The van der Waals surface area contributed by atoms with Crippen molar-refractivity contribution in [1.82, 2.24) is 5.32 Å². The van der Waals surface area contributed by atoms with Crippen molar-refractivity contribution in [3.63, 3.8) is 0 Å². The molecule has 0 aliphatic heterocycles. The highest BCUT2D eigenvalue weighted by Crippen LogP contribution is 2.28. The second-order valence-electron chi connectivity index (χ2n) is 7.15. The van der Waals surface area contributed by atoms with E-state index in [2.05, 4.69) is 31.3 Å². The van der Waals surface area contributed by atoms with Crippen LogP contribution in [0.5, 0.6) is 0 Å². The largest absolute Gasteiger partial charge is 0.367 e. The molecular formula is C21H26N2O2. The third kappa shape index (κ3) is 4.47. The fourth-order valence-corrected chi connectivity index (χ4v) is 2.85. The standard InChI is InChI=1S/C21H26N2O2/c1-20(2,16-10-6-4-7-11-16)15-14-18(24)23-21(3,19(22)25)17-12-8-5-9-13-17/h4-13H,14-15H2,1-3H3,(H2,22,25)(H,23,24)/t21-/m1/s1. The Morgan fingerprint density at radius 3 is 1.84 bits per heavy atom. The lowest BCUT2D eigenvalue weighted by Gasteiger charge is -2.29. The number of nitrogens with two attached hydrogens (primary N) is 1. The number of nitrogens with one attached hydrogen (secondary N) is 1. The number of carbonyl (C=O) groups excluding carboxylic acids is 2. The Morgan fingerprint density at radius 1 is 0.880 bits per heavy atom. The molecule has 1 atom stereocenters. The minimum absolute atomic E-state index is 0.130. The highest BCUT2D eigenvalue weighted by molar-refractivity contribution is 5.91. The first kappa shape index (κ1) is 18.7. The van der Waals surface area contributed by atoms with Crippen LogP contribution in [0.25, 0.3) is 0 Å². The topological polar surface area (TPSA) is 72.2 Å². The molecule has 0 fully saturated rings. The molecular weight excluding hydrogens is 312 g/mol. The van der Waals surface area contributed by atoms with E-state index in [0.29, 0.717) is 18.4 Å². The second-order valence-corrected chi connectivity index (χ2v) is 7.15. The van der Waals surface area contributed by atoms with Gasteiger partial charge in [-0.25, -0.2) is 0 Å². The van der Waals surface area contributed by atoms with Crippen LogP contribution in [0.2, 0.25) is 0 Å². The molecule has 2 aromatic rings. The molecule has 0 aromatic heterocycles. The molecule has 3 N–H and O–H groups in total. The first-order valence-corrected chi connectivity index (χ1v) is 8.48. The van der Waals surface area contributed by atoms with Gasteiger partial charge in [0.1, 0.15) is 5.54 Å². The number of primary amides is 1. The van der Waals surface area contributed by atoms with Gasteiger partial charge in [0.2, 0.25) is 11.8 Å². The summed E-state index contributed by atoms with van der Waals surface area (Å²) in [5.74, 6) is -0.761. The van der Waals surface area contributed by atoms with Crippen LogP contribution in [0.3, 0.4) is 0 Å². The van der Waals surface area contributed by atoms with Gasteiger partial charge in [-0.2, -0.15) is 0 Å².